The molecule has 0 aromatic heterocycles. The largest absolute Gasteiger partial charge is 0.472 e. The van der Waals surface area contributed by atoms with E-state index in [1.807, 2.05) is 5.92 Å². The lowest BCUT2D eigenvalue weighted by molar-refractivity contribution is -0.130. The number of carbonyl (C=O) groups is 1. The molecule has 0 radical (unpaired) electrons. The number of hydrogen-bond donors (Lipinski definition) is 2. The molecule has 3 heteroatoms. The predicted octanol–water partition coefficient (Wildman–Crippen LogP) is 0.705. The van der Waals surface area contributed by atoms with Crippen molar-refractivity contribution in [1.29, 1.82) is 0 Å². The van der Waals surface area contributed by atoms with Gasteiger partial charge in [0.05, 0.1) is 0 Å². The van der Waals surface area contributed by atoms with Gasteiger partial charge < -0.3 is 10.8 Å². The second-order valence-electron chi connectivity index (χ2n) is 2.18. The van der Waals surface area contributed by atoms with E-state index in [0.717, 1.165) is 0 Å². The van der Waals surface area contributed by atoms with Gasteiger partial charge in [0.25, 0.3) is 0 Å². The number of benzene rings is 1. The quantitative estimate of drug-likeness (QED) is 0.435. The Bertz CT molecular complexity index is 343. The fraction of sp³-hybridized carbons (Fsp3) is 0. The average molecular weight is 161 g/mol. The monoisotopic (exact) mass is 161 g/mol. The Labute approximate surface area is 69.8 Å². The third-order valence-electron chi connectivity index (χ3n) is 1.22. The number of carboxylic acids is 1. The number of carboxylic acid groups (broad SMARTS) is 1. The lowest BCUT2D eigenvalue weighted by Gasteiger charge is -1.90. The first-order valence-electron chi connectivity index (χ1n) is 3.29. The van der Waals surface area contributed by atoms with Gasteiger partial charge >= 0.3 is 5.97 Å². The van der Waals surface area contributed by atoms with Crippen LogP contribution in [0.3, 0.4) is 0 Å². The van der Waals surface area contributed by atoms with Gasteiger partial charge in [-0.15, -0.1) is 0 Å². The van der Waals surface area contributed by atoms with Crippen molar-refractivity contribution in [2.75, 3.05) is 5.73 Å². The van der Waals surface area contributed by atoms with Gasteiger partial charge in [-0.05, 0) is 24.3 Å². The van der Waals surface area contributed by atoms with Crippen LogP contribution >= 0.6 is 0 Å². The summed E-state index contributed by atoms with van der Waals surface area (Å²) in [5.41, 5.74) is 6.70. The number of hydrogen-bond acceptors (Lipinski definition) is 2. The van der Waals surface area contributed by atoms with Gasteiger partial charge in [-0.3, -0.25) is 0 Å². The molecular formula is C9H7NO2. The molecule has 3 N–H and O–H groups in total. The highest BCUT2D eigenvalue weighted by Crippen LogP contribution is 2.03. The molecule has 0 aliphatic heterocycles. The molecule has 1 rings (SSSR count). The van der Waals surface area contributed by atoms with Crippen molar-refractivity contribution in [3.8, 4) is 11.8 Å². The van der Waals surface area contributed by atoms with Gasteiger partial charge in [0.1, 0.15) is 0 Å². The number of rotatable bonds is 0. The summed E-state index contributed by atoms with van der Waals surface area (Å²) < 4.78 is 0. The molecule has 1 aromatic rings. The zero-order valence-corrected chi connectivity index (χ0v) is 6.24. The van der Waals surface area contributed by atoms with E-state index in [0.29, 0.717) is 11.3 Å². The molecule has 0 fully saturated rings. The van der Waals surface area contributed by atoms with E-state index in [1.54, 1.807) is 24.3 Å². The van der Waals surface area contributed by atoms with Crippen LogP contribution < -0.4 is 5.73 Å². The number of nitrogen functional groups attached to an aromatic ring is 1. The summed E-state index contributed by atoms with van der Waals surface area (Å²) in [6, 6.07) is 6.69. The first-order chi connectivity index (χ1) is 5.68. The van der Waals surface area contributed by atoms with E-state index in [1.165, 1.54) is 0 Å². The fourth-order valence-electron chi connectivity index (χ4n) is 0.692. The smallest absolute Gasteiger partial charge is 0.382 e. The normalized spacial score (nSPS) is 8.33. The molecule has 0 spiro atoms. The van der Waals surface area contributed by atoms with Crippen molar-refractivity contribution >= 4 is 11.7 Å². The topological polar surface area (TPSA) is 63.3 Å². The Morgan fingerprint density at radius 1 is 1.33 bits per heavy atom. The molecule has 12 heavy (non-hydrogen) atoms. The minimum atomic E-state index is -1.13. The average Bonchev–Trinajstić information content (AvgIpc) is 2.03. The third kappa shape index (κ3) is 2.35. The molecule has 0 unspecified atom stereocenters. The fourth-order valence-corrected chi connectivity index (χ4v) is 0.692. The lowest BCUT2D eigenvalue weighted by atomic mass is 10.2. The minimum absolute atomic E-state index is 0.635. The van der Waals surface area contributed by atoms with Gasteiger partial charge in [0.2, 0.25) is 0 Å². The second kappa shape index (κ2) is 3.44. The van der Waals surface area contributed by atoms with Crippen LogP contribution in [0.2, 0.25) is 0 Å². The molecular weight excluding hydrogens is 154 g/mol. The summed E-state index contributed by atoms with van der Waals surface area (Å²) in [6.45, 7) is 0. The molecule has 3 nitrogen and oxygen atoms in total. The van der Waals surface area contributed by atoms with Gasteiger partial charge in [0.15, 0.2) is 0 Å². The van der Waals surface area contributed by atoms with Crippen molar-refractivity contribution in [3.05, 3.63) is 29.8 Å². The Balaban J connectivity index is 2.86. The maximum atomic E-state index is 10.0. The zero-order valence-electron chi connectivity index (χ0n) is 6.24. The van der Waals surface area contributed by atoms with E-state index in [-0.39, 0.29) is 0 Å². The van der Waals surface area contributed by atoms with Crippen LogP contribution in [-0.4, -0.2) is 11.1 Å². The Kier molecular flexibility index (Phi) is 2.34. The molecule has 0 saturated heterocycles. The summed E-state index contributed by atoms with van der Waals surface area (Å²) in [4.78, 5) is 10.0. The maximum Gasteiger partial charge on any atom is 0.382 e. The van der Waals surface area contributed by atoms with Crippen LogP contribution in [0, 0.1) is 11.8 Å². The summed E-state index contributed by atoms with van der Waals surface area (Å²) in [5, 5.41) is 8.23. The second-order valence-corrected chi connectivity index (χ2v) is 2.18. The van der Waals surface area contributed by atoms with Crippen LogP contribution in [-0.2, 0) is 4.79 Å². The predicted molar refractivity (Wildman–Crippen MR) is 45.4 cm³/mol. The number of anilines is 1. The van der Waals surface area contributed by atoms with Crippen LogP contribution in [0.15, 0.2) is 24.3 Å². The SMILES string of the molecule is Nc1ccc(C#CC(=O)O)cc1. The first-order valence-corrected chi connectivity index (χ1v) is 3.29. The molecule has 60 valence electrons. The lowest BCUT2D eigenvalue weighted by Crippen LogP contribution is -1.87. The Morgan fingerprint density at radius 3 is 2.42 bits per heavy atom. The summed E-state index contributed by atoms with van der Waals surface area (Å²) in [5.74, 6) is 3.34. The minimum Gasteiger partial charge on any atom is -0.472 e. The van der Waals surface area contributed by atoms with Gasteiger partial charge in [-0.2, -0.15) is 0 Å². The van der Waals surface area contributed by atoms with E-state index >= 15 is 0 Å². The van der Waals surface area contributed by atoms with Gasteiger partial charge in [-0.25, -0.2) is 4.79 Å². The standard InChI is InChI=1S/C9H7NO2/c10-8-4-1-7(2-5-8)3-6-9(11)12/h1-2,4-5H,10H2,(H,11,12). The van der Waals surface area contributed by atoms with Crippen LogP contribution in [0.5, 0.6) is 0 Å². The first kappa shape index (κ1) is 8.15. The van der Waals surface area contributed by atoms with E-state index in [9.17, 15) is 4.79 Å². The third-order valence-corrected chi connectivity index (χ3v) is 1.22. The summed E-state index contributed by atoms with van der Waals surface area (Å²) in [6.07, 6.45) is 0. The van der Waals surface area contributed by atoms with Crippen molar-refractivity contribution in [1.82, 2.24) is 0 Å². The zero-order chi connectivity index (χ0) is 8.97. The highest BCUT2D eigenvalue weighted by atomic mass is 16.4. The van der Waals surface area contributed by atoms with Crippen LogP contribution in [0.1, 0.15) is 5.56 Å². The highest BCUT2D eigenvalue weighted by Gasteiger charge is 1.87. The maximum absolute atomic E-state index is 10.0. The molecule has 0 aliphatic rings. The molecule has 0 bridgehead atoms. The number of nitrogens with two attached hydrogens (primary N) is 1. The Hall–Kier alpha value is -1.95. The van der Waals surface area contributed by atoms with Crippen LogP contribution in [0.4, 0.5) is 5.69 Å². The molecule has 1 aromatic carbocycles. The molecule has 0 aliphatic carbocycles. The van der Waals surface area contributed by atoms with Crippen molar-refractivity contribution in [3.63, 3.8) is 0 Å². The van der Waals surface area contributed by atoms with Gasteiger partial charge in [0, 0.05) is 17.2 Å². The van der Waals surface area contributed by atoms with Crippen LogP contribution in [0.25, 0.3) is 0 Å². The molecule has 0 saturated carbocycles. The van der Waals surface area contributed by atoms with E-state index < -0.39 is 5.97 Å². The molecule has 0 amide bonds. The van der Waals surface area contributed by atoms with E-state index in [4.69, 9.17) is 10.8 Å². The van der Waals surface area contributed by atoms with Gasteiger partial charge in [-0.1, -0.05) is 5.92 Å². The highest BCUT2D eigenvalue weighted by molar-refractivity contribution is 5.87. The van der Waals surface area contributed by atoms with Crippen molar-refractivity contribution in [2.45, 2.75) is 0 Å². The van der Waals surface area contributed by atoms with Crippen molar-refractivity contribution < 1.29 is 9.90 Å². The Morgan fingerprint density at radius 2 is 1.92 bits per heavy atom. The van der Waals surface area contributed by atoms with Crippen molar-refractivity contribution in [2.24, 2.45) is 0 Å². The summed E-state index contributed by atoms with van der Waals surface area (Å²) >= 11 is 0. The molecule has 0 heterocycles. The summed E-state index contributed by atoms with van der Waals surface area (Å²) in [7, 11) is 0. The van der Waals surface area contributed by atoms with E-state index in [2.05, 4.69) is 5.92 Å². The number of aliphatic carboxylic acids is 1. The molecule has 0 atom stereocenters.